The third-order valence-corrected chi connectivity index (χ3v) is 7.41. The normalized spacial score (nSPS) is 16.4. The summed E-state index contributed by atoms with van der Waals surface area (Å²) in [5, 5.41) is 10.3. The third-order valence-electron chi connectivity index (χ3n) is 4.16. The number of carbonyl (C=O) groups excluding carboxylic acids is 2. The van der Waals surface area contributed by atoms with E-state index in [2.05, 4.69) is 21.2 Å². The molecule has 2 aromatic rings. The van der Waals surface area contributed by atoms with E-state index in [9.17, 15) is 27.2 Å². The van der Waals surface area contributed by atoms with Gasteiger partial charge < -0.3 is 5.11 Å². The van der Waals surface area contributed by atoms with E-state index in [0.717, 1.165) is 17.8 Å². The van der Waals surface area contributed by atoms with E-state index in [-0.39, 0.29) is 11.3 Å². The van der Waals surface area contributed by atoms with E-state index in [0.29, 0.717) is 14.3 Å². The van der Waals surface area contributed by atoms with Gasteiger partial charge in [0.25, 0.3) is 15.3 Å². The van der Waals surface area contributed by atoms with Gasteiger partial charge in [-0.3, -0.25) is 24.0 Å². The maximum absolute atomic E-state index is 14.4. The van der Waals surface area contributed by atoms with Crippen molar-refractivity contribution in [2.24, 2.45) is 0 Å². The second-order valence-electron chi connectivity index (χ2n) is 6.23. The number of hydrogen-bond acceptors (Lipinski definition) is 6. The zero-order valence-electron chi connectivity index (χ0n) is 15.0. The van der Waals surface area contributed by atoms with Crippen molar-refractivity contribution in [3.63, 3.8) is 0 Å². The summed E-state index contributed by atoms with van der Waals surface area (Å²) in [6, 6.07) is 9.01. The lowest BCUT2D eigenvalue weighted by molar-refractivity contribution is -0.135. The predicted octanol–water partition coefficient (Wildman–Crippen LogP) is 2.76. The number of halogens is 2. The third kappa shape index (κ3) is 4.82. The number of rotatable bonds is 7. The lowest BCUT2D eigenvalue weighted by Gasteiger charge is -2.23. The number of anilines is 1. The van der Waals surface area contributed by atoms with Crippen LogP contribution in [0.5, 0.6) is 0 Å². The van der Waals surface area contributed by atoms with Crippen molar-refractivity contribution in [3.05, 3.63) is 58.3 Å². The highest BCUT2D eigenvalue weighted by Gasteiger charge is 2.32. The maximum Gasteiger partial charge on any atom is 0.324 e. The molecule has 1 aliphatic heterocycles. The molecule has 2 N–H and O–H groups in total. The summed E-state index contributed by atoms with van der Waals surface area (Å²) < 4.78 is 41.3. The highest BCUT2D eigenvalue weighted by Crippen LogP contribution is 2.29. The molecule has 1 unspecified atom stereocenters. The van der Waals surface area contributed by atoms with E-state index in [1.54, 1.807) is 0 Å². The summed E-state index contributed by atoms with van der Waals surface area (Å²) >= 11 is 3.92. The van der Waals surface area contributed by atoms with Crippen LogP contribution in [0.3, 0.4) is 0 Å². The van der Waals surface area contributed by atoms with Crippen LogP contribution in [0.15, 0.2) is 51.8 Å². The van der Waals surface area contributed by atoms with Gasteiger partial charge in [0.15, 0.2) is 0 Å². The first-order valence-electron chi connectivity index (χ1n) is 8.38. The molecule has 0 spiro atoms. The number of nitrogens with one attached hydrogen (secondary N) is 1. The lowest BCUT2D eigenvalue weighted by atomic mass is 10.1. The van der Waals surface area contributed by atoms with Gasteiger partial charge in [0.05, 0.1) is 15.8 Å². The molecule has 1 heterocycles. The van der Waals surface area contributed by atoms with Crippen LogP contribution in [0, 0.1) is 5.82 Å². The Balaban J connectivity index is 1.90. The molecule has 3 rings (SSSR count). The van der Waals surface area contributed by atoms with E-state index >= 15 is 0 Å². The zero-order valence-corrected chi connectivity index (χ0v) is 18.3. The minimum atomic E-state index is -4.39. The van der Waals surface area contributed by atoms with Crippen LogP contribution in [0.2, 0.25) is 0 Å². The van der Waals surface area contributed by atoms with Crippen molar-refractivity contribution >= 4 is 60.5 Å². The first-order valence-corrected chi connectivity index (χ1v) is 11.5. The molecule has 2 aromatic carbocycles. The number of sulfonamides is 1. The van der Waals surface area contributed by atoms with E-state index in [1.807, 2.05) is 0 Å². The molecule has 1 fully saturated rings. The number of carboxylic acids is 1. The van der Waals surface area contributed by atoms with Crippen LogP contribution in [0.25, 0.3) is 0 Å². The summed E-state index contributed by atoms with van der Waals surface area (Å²) in [5.74, 6) is -2.77. The summed E-state index contributed by atoms with van der Waals surface area (Å²) in [7, 11) is -4.39. The minimum Gasteiger partial charge on any atom is -0.480 e. The summed E-state index contributed by atoms with van der Waals surface area (Å²) in [6.45, 7) is -0.969. The number of carboxylic acid groups (broad SMARTS) is 1. The van der Waals surface area contributed by atoms with Gasteiger partial charge in [-0.05, 0) is 42.3 Å². The molecular weight excluding hydrogens is 503 g/mol. The molecule has 1 aliphatic rings. The SMILES string of the molecule is O=C(O)CN(c1ccc(Br)cc1F)S(=O)(=O)c1ccc(CC2SC(=O)NC2=O)cc1. The Kier molecular flexibility index (Phi) is 6.48. The highest BCUT2D eigenvalue weighted by atomic mass is 79.9. The van der Waals surface area contributed by atoms with Gasteiger partial charge in [0.1, 0.15) is 12.4 Å². The smallest absolute Gasteiger partial charge is 0.324 e. The number of nitrogens with zero attached hydrogens (tertiary/aromatic N) is 1. The molecule has 1 saturated heterocycles. The predicted molar refractivity (Wildman–Crippen MR) is 111 cm³/mol. The number of imide groups is 1. The molecule has 0 radical (unpaired) electrons. The van der Waals surface area contributed by atoms with Crippen molar-refractivity contribution in [3.8, 4) is 0 Å². The molecule has 0 saturated carbocycles. The average molecular weight is 517 g/mol. The van der Waals surface area contributed by atoms with Gasteiger partial charge in [-0.25, -0.2) is 12.8 Å². The fourth-order valence-electron chi connectivity index (χ4n) is 2.77. The second-order valence-corrected chi connectivity index (χ2v) is 10.2. The topological polar surface area (TPSA) is 121 Å². The van der Waals surface area contributed by atoms with Gasteiger partial charge in [-0.15, -0.1) is 0 Å². The van der Waals surface area contributed by atoms with Crippen LogP contribution in [-0.4, -0.2) is 42.4 Å². The summed E-state index contributed by atoms with van der Waals surface area (Å²) in [4.78, 5) is 33.9. The van der Waals surface area contributed by atoms with Gasteiger partial charge >= 0.3 is 5.97 Å². The second kappa shape index (κ2) is 8.74. The number of benzene rings is 2. The molecule has 0 bridgehead atoms. The average Bonchev–Trinajstić information content (AvgIpc) is 2.97. The van der Waals surface area contributed by atoms with E-state index in [4.69, 9.17) is 5.11 Å². The van der Waals surface area contributed by atoms with E-state index in [1.165, 1.54) is 36.4 Å². The van der Waals surface area contributed by atoms with Crippen LogP contribution >= 0.6 is 27.7 Å². The van der Waals surface area contributed by atoms with Crippen LogP contribution in [-0.2, 0) is 26.0 Å². The maximum atomic E-state index is 14.4. The van der Waals surface area contributed by atoms with Crippen LogP contribution < -0.4 is 9.62 Å². The summed E-state index contributed by atoms with van der Waals surface area (Å²) in [6.07, 6.45) is 0.211. The Morgan fingerprint density at radius 3 is 2.40 bits per heavy atom. The first-order chi connectivity index (χ1) is 14.1. The largest absolute Gasteiger partial charge is 0.480 e. The molecular formula is C18H14BrFN2O6S2. The Labute approximate surface area is 183 Å². The molecule has 1 atom stereocenters. The van der Waals surface area contributed by atoms with Gasteiger partial charge in [0.2, 0.25) is 5.91 Å². The number of hydrogen-bond donors (Lipinski definition) is 2. The Morgan fingerprint density at radius 1 is 1.20 bits per heavy atom. The quantitative estimate of drug-likeness (QED) is 0.580. The van der Waals surface area contributed by atoms with Crippen molar-refractivity contribution < 1.29 is 32.3 Å². The van der Waals surface area contributed by atoms with E-state index < -0.39 is 50.4 Å². The molecule has 12 heteroatoms. The highest BCUT2D eigenvalue weighted by molar-refractivity contribution is 9.10. The van der Waals surface area contributed by atoms with Crippen molar-refractivity contribution in [1.29, 1.82) is 0 Å². The van der Waals surface area contributed by atoms with Gasteiger partial charge in [0, 0.05) is 4.47 Å². The molecule has 30 heavy (non-hydrogen) atoms. The van der Waals surface area contributed by atoms with Gasteiger partial charge in [-0.1, -0.05) is 39.8 Å². The zero-order chi connectivity index (χ0) is 22.1. The van der Waals surface area contributed by atoms with Crippen molar-refractivity contribution in [1.82, 2.24) is 5.32 Å². The molecule has 0 aromatic heterocycles. The number of aliphatic carboxylic acids is 1. The van der Waals surface area contributed by atoms with Crippen LogP contribution in [0.1, 0.15) is 5.56 Å². The Bertz CT molecular complexity index is 1120. The Morgan fingerprint density at radius 2 is 1.87 bits per heavy atom. The molecule has 8 nitrogen and oxygen atoms in total. The molecule has 0 aliphatic carbocycles. The van der Waals surface area contributed by atoms with Crippen molar-refractivity contribution in [2.45, 2.75) is 16.6 Å². The van der Waals surface area contributed by atoms with Gasteiger partial charge in [-0.2, -0.15) is 0 Å². The fraction of sp³-hybridized carbons (Fsp3) is 0.167. The monoisotopic (exact) mass is 516 g/mol. The number of thioether (sulfide) groups is 1. The molecule has 2 amide bonds. The number of amides is 2. The standard InChI is InChI=1S/C18H14BrFN2O6S2/c19-11-3-6-14(13(20)8-11)22(9-16(23)24)30(27,28)12-4-1-10(2-5-12)7-15-17(25)21-18(26)29-15/h1-6,8,15H,7,9H2,(H,23,24)(H,21,25,26). The van der Waals surface area contributed by atoms with Crippen molar-refractivity contribution in [2.75, 3.05) is 10.8 Å². The Hall–Kier alpha value is -2.44. The molecule has 158 valence electrons. The lowest BCUT2D eigenvalue weighted by Crippen LogP contribution is -2.36. The number of carbonyl (C=O) groups is 3. The summed E-state index contributed by atoms with van der Waals surface area (Å²) in [5.41, 5.74) is 0.207. The minimum absolute atomic E-state index is 0.211. The van der Waals surface area contributed by atoms with Crippen LogP contribution in [0.4, 0.5) is 14.9 Å². The fourth-order valence-corrected chi connectivity index (χ4v) is 5.39. The first kappa shape index (κ1) is 22.2.